The predicted molar refractivity (Wildman–Crippen MR) is 143 cm³/mol. The molecule has 4 heteroatoms. The zero-order valence-corrected chi connectivity index (χ0v) is 21.1. The van der Waals surface area contributed by atoms with E-state index >= 15 is 0 Å². The number of hydrogen-bond donors (Lipinski definition) is 0. The average molecular weight is 489 g/mol. The molecule has 0 radical (unpaired) electrons. The maximum absolute atomic E-state index is 12.5. The number of hydrogen-bond acceptors (Lipinski definition) is 3. The SMILES string of the molecule is CCCCCC1CCC(c2ccc(-c3ccc(C(=O)Oc4ccc(C=O)c(Cl)c4)cc3)cc2)CC1. The topological polar surface area (TPSA) is 43.4 Å². The van der Waals surface area contributed by atoms with E-state index in [-0.39, 0.29) is 5.02 Å². The van der Waals surface area contributed by atoms with Gasteiger partial charge in [-0.3, -0.25) is 4.79 Å². The van der Waals surface area contributed by atoms with Gasteiger partial charge in [-0.15, -0.1) is 0 Å². The van der Waals surface area contributed by atoms with Gasteiger partial charge in [-0.2, -0.15) is 0 Å². The van der Waals surface area contributed by atoms with E-state index in [2.05, 4.69) is 31.2 Å². The fraction of sp³-hybridized carbons (Fsp3) is 0.355. The van der Waals surface area contributed by atoms with Crippen LogP contribution in [0.1, 0.15) is 90.5 Å². The summed E-state index contributed by atoms with van der Waals surface area (Å²) >= 11 is 6.02. The maximum atomic E-state index is 12.5. The Morgan fingerprint density at radius 1 is 0.914 bits per heavy atom. The Balaban J connectivity index is 1.33. The lowest BCUT2D eigenvalue weighted by Gasteiger charge is -2.29. The highest BCUT2D eigenvalue weighted by Crippen LogP contribution is 2.38. The van der Waals surface area contributed by atoms with Crippen LogP contribution in [0.3, 0.4) is 0 Å². The molecule has 1 fully saturated rings. The third-order valence-electron chi connectivity index (χ3n) is 7.21. The van der Waals surface area contributed by atoms with Gasteiger partial charge < -0.3 is 4.74 Å². The van der Waals surface area contributed by atoms with Crippen molar-refractivity contribution in [2.45, 2.75) is 64.2 Å². The van der Waals surface area contributed by atoms with Crippen LogP contribution in [0.15, 0.2) is 66.7 Å². The molecular weight excluding hydrogens is 456 g/mol. The third kappa shape index (κ3) is 6.61. The summed E-state index contributed by atoms with van der Waals surface area (Å²) in [5, 5.41) is 0.254. The number of benzene rings is 3. The number of rotatable bonds is 9. The van der Waals surface area contributed by atoms with Gasteiger partial charge in [-0.1, -0.05) is 80.6 Å². The average Bonchev–Trinajstić information content (AvgIpc) is 2.90. The molecule has 0 N–H and O–H groups in total. The van der Waals surface area contributed by atoms with Gasteiger partial charge in [-0.05, 0) is 78.5 Å². The van der Waals surface area contributed by atoms with Crippen LogP contribution in [0.2, 0.25) is 5.02 Å². The summed E-state index contributed by atoms with van der Waals surface area (Å²) in [6.07, 6.45) is 11.5. The van der Waals surface area contributed by atoms with Crippen LogP contribution in [0.5, 0.6) is 5.75 Å². The highest BCUT2D eigenvalue weighted by atomic mass is 35.5. The molecule has 0 spiro atoms. The molecule has 1 aliphatic carbocycles. The van der Waals surface area contributed by atoms with E-state index in [0.717, 1.165) is 17.0 Å². The summed E-state index contributed by atoms with van der Waals surface area (Å²) < 4.78 is 5.40. The van der Waals surface area contributed by atoms with Crippen molar-refractivity contribution in [2.24, 2.45) is 5.92 Å². The number of halogens is 1. The minimum absolute atomic E-state index is 0.254. The molecule has 35 heavy (non-hydrogen) atoms. The largest absolute Gasteiger partial charge is 0.423 e. The minimum Gasteiger partial charge on any atom is -0.423 e. The number of ether oxygens (including phenoxy) is 1. The van der Waals surface area contributed by atoms with Gasteiger partial charge in [0, 0.05) is 11.6 Å². The molecule has 182 valence electrons. The number of carbonyl (C=O) groups is 2. The molecule has 3 aromatic carbocycles. The molecule has 0 heterocycles. The first kappa shape index (κ1) is 25.2. The summed E-state index contributed by atoms with van der Waals surface area (Å²) in [6, 6.07) is 20.9. The maximum Gasteiger partial charge on any atom is 0.343 e. The molecule has 3 aromatic rings. The van der Waals surface area contributed by atoms with Crippen molar-refractivity contribution in [2.75, 3.05) is 0 Å². The fourth-order valence-corrected chi connectivity index (χ4v) is 5.26. The van der Waals surface area contributed by atoms with Gasteiger partial charge in [0.15, 0.2) is 6.29 Å². The third-order valence-corrected chi connectivity index (χ3v) is 7.54. The van der Waals surface area contributed by atoms with Gasteiger partial charge in [-0.25, -0.2) is 4.79 Å². The Morgan fingerprint density at radius 3 is 2.17 bits per heavy atom. The van der Waals surface area contributed by atoms with E-state index in [1.54, 1.807) is 18.2 Å². The van der Waals surface area contributed by atoms with Gasteiger partial charge in [0.25, 0.3) is 0 Å². The van der Waals surface area contributed by atoms with E-state index in [1.165, 1.54) is 69.1 Å². The van der Waals surface area contributed by atoms with Crippen LogP contribution in [-0.2, 0) is 0 Å². The van der Waals surface area contributed by atoms with Crippen molar-refractivity contribution in [3.8, 4) is 16.9 Å². The Morgan fingerprint density at radius 2 is 1.57 bits per heavy atom. The molecule has 1 aliphatic rings. The van der Waals surface area contributed by atoms with Crippen molar-refractivity contribution >= 4 is 23.9 Å². The van der Waals surface area contributed by atoms with Crippen molar-refractivity contribution in [3.63, 3.8) is 0 Å². The second kappa shape index (κ2) is 12.2. The molecule has 3 nitrogen and oxygen atoms in total. The second-order valence-electron chi connectivity index (χ2n) is 9.60. The number of carbonyl (C=O) groups excluding carboxylic acids is 2. The normalized spacial score (nSPS) is 17.7. The van der Waals surface area contributed by atoms with Crippen LogP contribution >= 0.6 is 11.6 Å². The van der Waals surface area contributed by atoms with Gasteiger partial charge in [0.2, 0.25) is 0 Å². The first-order valence-corrected chi connectivity index (χ1v) is 13.1. The van der Waals surface area contributed by atoms with Gasteiger partial charge in [0.05, 0.1) is 10.6 Å². The zero-order chi connectivity index (χ0) is 24.6. The molecule has 4 rings (SSSR count). The first-order valence-electron chi connectivity index (χ1n) is 12.7. The van der Waals surface area contributed by atoms with Crippen molar-refractivity contribution in [1.29, 1.82) is 0 Å². The first-order chi connectivity index (χ1) is 17.1. The lowest BCUT2D eigenvalue weighted by Crippen LogP contribution is -2.13. The Hall–Kier alpha value is -2.91. The molecule has 1 saturated carbocycles. The summed E-state index contributed by atoms with van der Waals surface area (Å²) in [5.41, 5.74) is 4.46. The van der Waals surface area contributed by atoms with E-state index in [9.17, 15) is 9.59 Å². The Bertz CT molecular complexity index is 1130. The number of aldehydes is 1. The molecule has 0 saturated heterocycles. The Labute approximate surface area is 213 Å². The standard InChI is InChI=1S/C31H33ClO3/c1-2-3-4-5-22-6-8-23(9-7-22)24-10-12-25(13-11-24)26-14-16-27(17-15-26)31(34)35-29-19-18-28(21-33)30(32)20-29/h10-23H,2-9H2,1H3. The summed E-state index contributed by atoms with van der Waals surface area (Å²) in [6.45, 7) is 2.28. The lowest BCUT2D eigenvalue weighted by molar-refractivity contribution is 0.0735. The molecule has 0 amide bonds. The highest BCUT2D eigenvalue weighted by molar-refractivity contribution is 6.33. The molecule has 0 aromatic heterocycles. The summed E-state index contributed by atoms with van der Waals surface area (Å²) in [5.74, 6) is 1.44. The molecule has 0 aliphatic heterocycles. The zero-order valence-electron chi connectivity index (χ0n) is 20.3. The number of unbranched alkanes of at least 4 members (excludes halogenated alkanes) is 2. The molecular formula is C31H33ClO3. The van der Waals surface area contributed by atoms with E-state index in [0.29, 0.717) is 29.1 Å². The van der Waals surface area contributed by atoms with Gasteiger partial charge >= 0.3 is 5.97 Å². The summed E-state index contributed by atoms with van der Waals surface area (Å²) in [4.78, 5) is 23.4. The van der Waals surface area contributed by atoms with E-state index in [1.807, 2.05) is 12.1 Å². The summed E-state index contributed by atoms with van der Waals surface area (Å²) in [7, 11) is 0. The van der Waals surface area contributed by atoms with Crippen LogP contribution in [0.4, 0.5) is 0 Å². The smallest absolute Gasteiger partial charge is 0.343 e. The Kier molecular flexibility index (Phi) is 8.76. The fourth-order valence-electron chi connectivity index (χ4n) is 5.05. The lowest BCUT2D eigenvalue weighted by atomic mass is 9.77. The molecule has 0 unspecified atom stereocenters. The number of esters is 1. The van der Waals surface area contributed by atoms with Crippen molar-refractivity contribution in [3.05, 3.63) is 88.4 Å². The minimum atomic E-state index is -0.466. The predicted octanol–water partition coefficient (Wildman–Crippen LogP) is 8.89. The second-order valence-corrected chi connectivity index (χ2v) is 10.0. The van der Waals surface area contributed by atoms with E-state index < -0.39 is 5.97 Å². The monoisotopic (exact) mass is 488 g/mol. The van der Waals surface area contributed by atoms with E-state index in [4.69, 9.17) is 16.3 Å². The molecule has 0 atom stereocenters. The van der Waals surface area contributed by atoms with Crippen LogP contribution in [0.25, 0.3) is 11.1 Å². The molecule has 0 bridgehead atoms. The van der Waals surface area contributed by atoms with Crippen LogP contribution in [0, 0.1) is 5.92 Å². The van der Waals surface area contributed by atoms with Crippen LogP contribution < -0.4 is 4.74 Å². The highest BCUT2D eigenvalue weighted by Gasteiger charge is 2.22. The van der Waals surface area contributed by atoms with Crippen LogP contribution in [-0.4, -0.2) is 12.3 Å². The van der Waals surface area contributed by atoms with Gasteiger partial charge in [0.1, 0.15) is 5.75 Å². The van der Waals surface area contributed by atoms with Crippen molar-refractivity contribution < 1.29 is 14.3 Å². The quantitative estimate of drug-likeness (QED) is 0.131. The van der Waals surface area contributed by atoms with Crippen molar-refractivity contribution in [1.82, 2.24) is 0 Å².